The number of fused-ring (bicyclic) bond motifs is 1. The minimum atomic E-state index is -0.418. The van der Waals surface area contributed by atoms with Crippen LogP contribution >= 0.6 is 11.3 Å². The summed E-state index contributed by atoms with van der Waals surface area (Å²) in [5.41, 5.74) is 4.10. The lowest BCUT2D eigenvalue weighted by molar-refractivity contribution is 0.167. The highest BCUT2D eigenvalue weighted by molar-refractivity contribution is 7.07. The molecule has 1 aliphatic carbocycles. The molecule has 0 bridgehead atoms. The Labute approximate surface area is 130 Å². The minimum absolute atomic E-state index is 0.251. The van der Waals surface area contributed by atoms with Gasteiger partial charge in [0.05, 0.1) is 6.10 Å². The molecule has 0 amide bonds. The first-order valence-electron chi connectivity index (χ1n) is 7.61. The Bertz CT molecular complexity index is 591. The molecule has 0 saturated heterocycles. The molecule has 2 nitrogen and oxygen atoms in total. The second-order valence-electron chi connectivity index (χ2n) is 6.54. The van der Waals surface area contributed by atoms with Crippen molar-refractivity contribution in [1.82, 2.24) is 5.32 Å². The van der Waals surface area contributed by atoms with Gasteiger partial charge in [-0.3, -0.25) is 0 Å². The first-order chi connectivity index (χ1) is 10.1. The van der Waals surface area contributed by atoms with E-state index in [0.29, 0.717) is 12.6 Å². The molecule has 3 heteroatoms. The molecule has 3 rings (SSSR count). The largest absolute Gasteiger partial charge is 0.387 e. The summed E-state index contributed by atoms with van der Waals surface area (Å²) >= 11 is 1.63. The van der Waals surface area contributed by atoms with Gasteiger partial charge < -0.3 is 10.4 Å². The number of hydrogen-bond acceptors (Lipinski definition) is 3. The molecule has 112 valence electrons. The fourth-order valence-corrected chi connectivity index (χ4v) is 3.97. The van der Waals surface area contributed by atoms with E-state index in [2.05, 4.69) is 43.4 Å². The van der Waals surface area contributed by atoms with E-state index in [4.69, 9.17) is 0 Å². The van der Waals surface area contributed by atoms with E-state index >= 15 is 0 Å². The van der Waals surface area contributed by atoms with Crippen LogP contribution < -0.4 is 5.32 Å². The quantitative estimate of drug-likeness (QED) is 0.887. The van der Waals surface area contributed by atoms with Gasteiger partial charge in [-0.05, 0) is 51.8 Å². The summed E-state index contributed by atoms with van der Waals surface area (Å²) in [6.45, 7) is 5.25. The second kappa shape index (κ2) is 5.91. The Morgan fingerprint density at radius 3 is 2.90 bits per heavy atom. The zero-order chi connectivity index (χ0) is 14.9. The maximum atomic E-state index is 10.2. The van der Waals surface area contributed by atoms with E-state index in [0.717, 1.165) is 12.0 Å². The number of benzene rings is 1. The standard InChI is InChI=1S/C18H23NOS/c1-18(2)9-7-16(14-5-3-4-6-15(14)18)19-11-17(20)13-8-10-21-12-13/h3-6,8,10,12,16-17,19-20H,7,9,11H2,1-2H3. The van der Waals surface area contributed by atoms with Crippen LogP contribution in [0.4, 0.5) is 0 Å². The third kappa shape index (κ3) is 3.05. The zero-order valence-corrected chi connectivity index (χ0v) is 13.5. The summed E-state index contributed by atoms with van der Waals surface area (Å²) in [6, 6.07) is 11.1. The van der Waals surface area contributed by atoms with Crippen LogP contribution in [0.15, 0.2) is 41.1 Å². The monoisotopic (exact) mass is 301 g/mol. The first kappa shape index (κ1) is 14.8. The molecule has 21 heavy (non-hydrogen) atoms. The molecular formula is C18H23NOS. The molecule has 1 aromatic carbocycles. The van der Waals surface area contributed by atoms with Gasteiger partial charge in [0, 0.05) is 12.6 Å². The lowest BCUT2D eigenvalue weighted by atomic mass is 9.71. The molecule has 0 spiro atoms. The summed E-state index contributed by atoms with van der Waals surface area (Å²) in [4.78, 5) is 0. The van der Waals surface area contributed by atoms with E-state index in [1.807, 2.05) is 16.8 Å². The van der Waals surface area contributed by atoms with Gasteiger partial charge in [0.15, 0.2) is 0 Å². The maximum absolute atomic E-state index is 10.2. The molecular weight excluding hydrogens is 278 g/mol. The first-order valence-corrected chi connectivity index (χ1v) is 8.55. The SMILES string of the molecule is CC1(C)CCC(NCC(O)c2ccsc2)c2ccccc21. The van der Waals surface area contributed by atoms with Crippen LogP contribution in [0.5, 0.6) is 0 Å². The van der Waals surface area contributed by atoms with Crippen LogP contribution in [-0.2, 0) is 5.41 Å². The highest BCUT2D eigenvalue weighted by Gasteiger charge is 2.32. The number of thiophene rings is 1. The molecule has 2 N–H and O–H groups in total. The van der Waals surface area contributed by atoms with Crippen molar-refractivity contribution in [3.8, 4) is 0 Å². The molecule has 2 atom stereocenters. The average molecular weight is 301 g/mol. The lowest BCUT2D eigenvalue weighted by Gasteiger charge is -2.37. The number of hydrogen-bond donors (Lipinski definition) is 2. The van der Waals surface area contributed by atoms with Crippen LogP contribution in [0.25, 0.3) is 0 Å². The Kier molecular flexibility index (Phi) is 4.16. The van der Waals surface area contributed by atoms with Gasteiger partial charge in [0.25, 0.3) is 0 Å². The van der Waals surface area contributed by atoms with Gasteiger partial charge in [-0.1, -0.05) is 38.1 Å². The van der Waals surface area contributed by atoms with Crippen LogP contribution in [0, 0.1) is 0 Å². The van der Waals surface area contributed by atoms with Gasteiger partial charge >= 0.3 is 0 Å². The number of aliphatic hydroxyl groups excluding tert-OH is 1. The van der Waals surface area contributed by atoms with Crippen molar-refractivity contribution in [1.29, 1.82) is 0 Å². The van der Waals surface area contributed by atoms with Gasteiger partial charge in [0.2, 0.25) is 0 Å². The van der Waals surface area contributed by atoms with E-state index in [-0.39, 0.29) is 5.41 Å². The second-order valence-corrected chi connectivity index (χ2v) is 7.32. The zero-order valence-electron chi connectivity index (χ0n) is 12.7. The Balaban J connectivity index is 1.72. The topological polar surface area (TPSA) is 32.3 Å². The van der Waals surface area contributed by atoms with Crippen molar-refractivity contribution in [2.45, 2.75) is 44.2 Å². The van der Waals surface area contributed by atoms with Crippen LogP contribution in [-0.4, -0.2) is 11.7 Å². The predicted molar refractivity (Wildman–Crippen MR) is 88.7 cm³/mol. The maximum Gasteiger partial charge on any atom is 0.0922 e. The van der Waals surface area contributed by atoms with E-state index in [9.17, 15) is 5.11 Å². The Morgan fingerprint density at radius 2 is 2.14 bits per heavy atom. The van der Waals surface area contributed by atoms with Crippen molar-refractivity contribution in [2.75, 3.05) is 6.54 Å². The summed E-state index contributed by atoms with van der Waals surface area (Å²) in [5, 5.41) is 17.8. The minimum Gasteiger partial charge on any atom is -0.387 e. The van der Waals surface area contributed by atoms with Crippen LogP contribution in [0.1, 0.15) is 55.5 Å². The molecule has 0 aliphatic heterocycles. The van der Waals surface area contributed by atoms with Gasteiger partial charge in [-0.15, -0.1) is 0 Å². The molecule has 2 aromatic rings. The third-order valence-electron chi connectivity index (χ3n) is 4.61. The fourth-order valence-electron chi connectivity index (χ4n) is 3.26. The Hall–Kier alpha value is -1.16. The molecule has 0 radical (unpaired) electrons. The van der Waals surface area contributed by atoms with Crippen molar-refractivity contribution < 1.29 is 5.11 Å². The van der Waals surface area contributed by atoms with Gasteiger partial charge in [-0.25, -0.2) is 0 Å². The van der Waals surface area contributed by atoms with Gasteiger partial charge in [-0.2, -0.15) is 11.3 Å². The summed E-state index contributed by atoms with van der Waals surface area (Å²) in [7, 11) is 0. The van der Waals surface area contributed by atoms with E-state index < -0.39 is 6.10 Å². The molecule has 1 aliphatic rings. The summed E-state index contributed by atoms with van der Waals surface area (Å²) in [5.74, 6) is 0. The van der Waals surface area contributed by atoms with Crippen molar-refractivity contribution >= 4 is 11.3 Å². The number of aliphatic hydroxyl groups is 1. The van der Waals surface area contributed by atoms with Crippen LogP contribution in [0.3, 0.4) is 0 Å². The Morgan fingerprint density at radius 1 is 1.33 bits per heavy atom. The van der Waals surface area contributed by atoms with Crippen molar-refractivity contribution in [2.24, 2.45) is 0 Å². The molecule has 1 heterocycles. The summed E-state index contributed by atoms with van der Waals surface area (Å²) in [6.07, 6.45) is 1.88. The molecule has 2 unspecified atom stereocenters. The van der Waals surface area contributed by atoms with Crippen molar-refractivity contribution in [3.63, 3.8) is 0 Å². The fraction of sp³-hybridized carbons (Fsp3) is 0.444. The van der Waals surface area contributed by atoms with Gasteiger partial charge in [0.1, 0.15) is 0 Å². The lowest BCUT2D eigenvalue weighted by Crippen LogP contribution is -2.34. The third-order valence-corrected chi connectivity index (χ3v) is 5.31. The average Bonchev–Trinajstić information content (AvgIpc) is 3.01. The summed E-state index contributed by atoms with van der Waals surface area (Å²) < 4.78 is 0. The predicted octanol–water partition coefficient (Wildman–Crippen LogP) is 4.18. The normalized spacial score (nSPS) is 21.8. The number of rotatable bonds is 4. The molecule has 0 fully saturated rings. The molecule has 0 saturated carbocycles. The van der Waals surface area contributed by atoms with E-state index in [1.54, 1.807) is 11.3 Å². The van der Waals surface area contributed by atoms with Crippen LogP contribution in [0.2, 0.25) is 0 Å². The van der Waals surface area contributed by atoms with Crippen molar-refractivity contribution in [3.05, 3.63) is 57.8 Å². The molecule has 1 aromatic heterocycles. The number of nitrogens with one attached hydrogen (secondary N) is 1. The van der Waals surface area contributed by atoms with E-state index in [1.165, 1.54) is 17.5 Å². The highest BCUT2D eigenvalue weighted by Crippen LogP contribution is 2.41. The smallest absolute Gasteiger partial charge is 0.0922 e. The highest BCUT2D eigenvalue weighted by atomic mass is 32.1.